The molecule has 1 rings (SSSR count). The van der Waals surface area contributed by atoms with Gasteiger partial charge in [0.2, 0.25) is 0 Å². The zero-order valence-corrected chi connectivity index (χ0v) is 13.6. The third kappa shape index (κ3) is 5.76. The van der Waals surface area contributed by atoms with E-state index in [1.807, 2.05) is 6.92 Å². The van der Waals surface area contributed by atoms with Crippen molar-refractivity contribution in [3.63, 3.8) is 0 Å². The van der Waals surface area contributed by atoms with Gasteiger partial charge in [-0.3, -0.25) is 4.79 Å². The molecular formula is C17H26N2O3. The molecule has 0 aromatic heterocycles. The van der Waals surface area contributed by atoms with Gasteiger partial charge in [0.25, 0.3) is 0 Å². The number of benzene rings is 1. The molecule has 1 unspecified atom stereocenters. The van der Waals surface area contributed by atoms with Crippen LogP contribution in [0.1, 0.15) is 37.8 Å². The Labute approximate surface area is 132 Å². The van der Waals surface area contributed by atoms with Crippen LogP contribution in [0.25, 0.3) is 0 Å². The first-order valence-corrected chi connectivity index (χ1v) is 7.79. The average Bonchev–Trinajstić information content (AvgIpc) is 2.48. The van der Waals surface area contributed by atoms with Crippen LogP contribution in [-0.4, -0.2) is 41.1 Å². The highest BCUT2D eigenvalue weighted by Crippen LogP contribution is 2.13. The number of urea groups is 1. The van der Waals surface area contributed by atoms with Crippen molar-refractivity contribution in [2.75, 3.05) is 13.1 Å². The summed E-state index contributed by atoms with van der Waals surface area (Å²) in [6, 6.07) is 8.25. The van der Waals surface area contributed by atoms with Crippen LogP contribution in [-0.2, 0) is 11.2 Å². The van der Waals surface area contributed by atoms with E-state index in [1.54, 1.807) is 4.90 Å². The van der Waals surface area contributed by atoms with Crippen molar-refractivity contribution >= 4 is 12.0 Å². The Kier molecular flexibility index (Phi) is 7.43. The van der Waals surface area contributed by atoms with Crippen molar-refractivity contribution in [2.24, 2.45) is 0 Å². The first kappa shape index (κ1) is 18.0. The van der Waals surface area contributed by atoms with Crippen LogP contribution >= 0.6 is 0 Å². The summed E-state index contributed by atoms with van der Waals surface area (Å²) < 4.78 is 0. The highest BCUT2D eigenvalue weighted by atomic mass is 16.4. The van der Waals surface area contributed by atoms with Crippen LogP contribution in [0.2, 0.25) is 0 Å². The summed E-state index contributed by atoms with van der Waals surface area (Å²) in [5.74, 6) is -0.907. The third-order valence-corrected chi connectivity index (χ3v) is 3.72. The summed E-state index contributed by atoms with van der Waals surface area (Å²) in [4.78, 5) is 24.5. The zero-order valence-electron chi connectivity index (χ0n) is 13.6. The Hall–Kier alpha value is -2.04. The number of amides is 2. The summed E-state index contributed by atoms with van der Waals surface area (Å²) in [6.07, 6.45) is 1.60. The molecule has 0 saturated carbocycles. The number of carbonyl (C=O) groups is 2. The van der Waals surface area contributed by atoms with E-state index in [0.717, 1.165) is 12.8 Å². The van der Waals surface area contributed by atoms with Gasteiger partial charge in [-0.1, -0.05) is 36.8 Å². The van der Waals surface area contributed by atoms with Crippen molar-refractivity contribution in [2.45, 2.75) is 46.1 Å². The molecule has 0 radical (unpaired) electrons. The van der Waals surface area contributed by atoms with Gasteiger partial charge in [-0.2, -0.15) is 0 Å². The first-order valence-electron chi connectivity index (χ1n) is 7.79. The predicted molar refractivity (Wildman–Crippen MR) is 87.0 cm³/mol. The fourth-order valence-corrected chi connectivity index (χ4v) is 2.42. The SMILES string of the molecule is CCC(Cc1ccc(C)cc1)N(CC)C(=O)NCCC(=O)O. The van der Waals surface area contributed by atoms with Crippen molar-refractivity contribution in [3.05, 3.63) is 35.4 Å². The molecule has 1 atom stereocenters. The van der Waals surface area contributed by atoms with Crippen LogP contribution < -0.4 is 5.32 Å². The third-order valence-electron chi connectivity index (χ3n) is 3.72. The molecule has 0 heterocycles. The number of carbonyl (C=O) groups excluding carboxylic acids is 1. The smallest absolute Gasteiger partial charge is 0.317 e. The molecule has 0 aliphatic carbocycles. The average molecular weight is 306 g/mol. The van der Waals surface area contributed by atoms with Gasteiger partial charge in [-0.15, -0.1) is 0 Å². The molecular weight excluding hydrogens is 280 g/mol. The van der Waals surface area contributed by atoms with E-state index in [0.29, 0.717) is 6.54 Å². The second-order valence-electron chi connectivity index (χ2n) is 5.41. The Morgan fingerprint density at radius 3 is 2.36 bits per heavy atom. The fourth-order valence-electron chi connectivity index (χ4n) is 2.42. The number of nitrogens with one attached hydrogen (secondary N) is 1. The molecule has 122 valence electrons. The van der Waals surface area contributed by atoms with E-state index < -0.39 is 5.97 Å². The van der Waals surface area contributed by atoms with Gasteiger partial charge in [0.05, 0.1) is 6.42 Å². The Balaban J connectivity index is 2.65. The summed E-state index contributed by atoms with van der Waals surface area (Å²) in [6.45, 7) is 6.81. The number of nitrogens with zero attached hydrogens (tertiary/aromatic N) is 1. The molecule has 5 nitrogen and oxygen atoms in total. The molecule has 2 N–H and O–H groups in total. The summed E-state index contributed by atoms with van der Waals surface area (Å²) >= 11 is 0. The molecule has 0 aliphatic heterocycles. The molecule has 0 saturated heterocycles. The van der Waals surface area contributed by atoms with E-state index in [1.165, 1.54) is 11.1 Å². The maximum Gasteiger partial charge on any atom is 0.317 e. The molecule has 2 amide bonds. The van der Waals surface area contributed by atoms with Gasteiger partial charge in [0.15, 0.2) is 0 Å². The van der Waals surface area contributed by atoms with Crippen LogP contribution in [0.4, 0.5) is 4.79 Å². The Bertz CT molecular complexity index is 485. The minimum atomic E-state index is -0.907. The maximum atomic E-state index is 12.2. The highest BCUT2D eigenvalue weighted by Gasteiger charge is 2.21. The van der Waals surface area contributed by atoms with E-state index in [9.17, 15) is 9.59 Å². The molecule has 0 fully saturated rings. The Morgan fingerprint density at radius 2 is 1.86 bits per heavy atom. The van der Waals surface area contributed by atoms with Crippen molar-refractivity contribution in [1.82, 2.24) is 10.2 Å². The number of likely N-dealkylation sites (N-methyl/N-ethyl adjacent to an activating group) is 1. The molecule has 0 bridgehead atoms. The maximum absolute atomic E-state index is 12.2. The van der Waals surface area contributed by atoms with Crippen LogP contribution in [0, 0.1) is 6.92 Å². The van der Waals surface area contributed by atoms with E-state index >= 15 is 0 Å². The molecule has 0 spiro atoms. The van der Waals surface area contributed by atoms with Crippen LogP contribution in [0.3, 0.4) is 0 Å². The lowest BCUT2D eigenvalue weighted by Gasteiger charge is -2.30. The minimum Gasteiger partial charge on any atom is -0.481 e. The quantitative estimate of drug-likeness (QED) is 0.776. The van der Waals surface area contributed by atoms with Gasteiger partial charge in [0, 0.05) is 19.1 Å². The second-order valence-corrected chi connectivity index (χ2v) is 5.41. The number of hydrogen-bond acceptors (Lipinski definition) is 2. The number of rotatable bonds is 8. The van der Waals surface area contributed by atoms with Crippen LogP contribution in [0.5, 0.6) is 0 Å². The molecule has 0 aliphatic rings. The lowest BCUT2D eigenvalue weighted by molar-refractivity contribution is -0.136. The molecule has 1 aromatic rings. The van der Waals surface area contributed by atoms with Crippen LogP contribution in [0.15, 0.2) is 24.3 Å². The van der Waals surface area contributed by atoms with E-state index in [2.05, 4.69) is 43.4 Å². The first-order chi connectivity index (χ1) is 10.5. The van der Waals surface area contributed by atoms with Gasteiger partial charge >= 0.3 is 12.0 Å². The fraction of sp³-hybridized carbons (Fsp3) is 0.529. The van der Waals surface area contributed by atoms with Crippen molar-refractivity contribution < 1.29 is 14.7 Å². The Morgan fingerprint density at radius 1 is 1.23 bits per heavy atom. The topological polar surface area (TPSA) is 69.6 Å². The monoisotopic (exact) mass is 306 g/mol. The van der Waals surface area contributed by atoms with E-state index in [-0.39, 0.29) is 25.0 Å². The van der Waals surface area contributed by atoms with Gasteiger partial charge in [-0.05, 0) is 32.3 Å². The number of hydrogen-bond donors (Lipinski definition) is 2. The number of aliphatic carboxylic acids is 1. The predicted octanol–water partition coefficient (Wildman–Crippen LogP) is 2.82. The number of carboxylic acid groups (broad SMARTS) is 1. The molecule has 22 heavy (non-hydrogen) atoms. The standard InChI is InChI=1S/C17H26N2O3/c1-4-15(12-14-8-6-13(3)7-9-14)19(5-2)17(22)18-11-10-16(20)21/h6-9,15H,4-5,10-12H2,1-3H3,(H,18,22)(H,20,21). The van der Waals surface area contributed by atoms with Gasteiger partial charge < -0.3 is 15.3 Å². The van der Waals surface area contributed by atoms with Gasteiger partial charge in [0.1, 0.15) is 0 Å². The lowest BCUT2D eigenvalue weighted by atomic mass is 10.0. The zero-order chi connectivity index (χ0) is 16.5. The summed E-state index contributed by atoms with van der Waals surface area (Å²) in [5, 5.41) is 11.3. The number of carboxylic acids is 1. The summed E-state index contributed by atoms with van der Waals surface area (Å²) in [5.41, 5.74) is 2.42. The van der Waals surface area contributed by atoms with E-state index in [4.69, 9.17) is 5.11 Å². The lowest BCUT2D eigenvalue weighted by Crippen LogP contribution is -2.47. The molecule has 5 heteroatoms. The largest absolute Gasteiger partial charge is 0.481 e. The highest BCUT2D eigenvalue weighted by molar-refractivity contribution is 5.75. The van der Waals surface area contributed by atoms with Gasteiger partial charge in [-0.25, -0.2) is 4.79 Å². The molecule has 1 aromatic carbocycles. The van der Waals surface area contributed by atoms with Crippen molar-refractivity contribution in [3.8, 4) is 0 Å². The normalized spacial score (nSPS) is 11.8. The second kappa shape index (κ2) is 9.07. The summed E-state index contributed by atoms with van der Waals surface area (Å²) in [7, 11) is 0. The van der Waals surface area contributed by atoms with Crippen molar-refractivity contribution in [1.29, 1.82) is 0 Å². The number of aryl methyl sites for hydroxylation is 1. The minimum absolute atomic E-state index is 0.0575.